The van der Waals surface area contributed by atoms with E-state index in [1.807, 2.05) is 6.07 Å². The summed E-state index contributed by atoms with van der Waals surface area (Å²) in [5.74, 6) is 0.901. The lowest BCUT2D eigenvalue weighted by Gasteiger charge is -2.24. The van der Waals surface area contributed by atoms with E-state index in [-0.39, 0.29) is 0 Å². The van der Waals surface area contributed by atoms with Crippen LogP contribution in [0.25, 0.3) is 0 Å². The van der Waals surface area contributed by atoms with Crippen LogP contribution in [0.3, 0.4) is 0 Å². The van der Waals surface area contributed by atoms with Gasteiger partial charge in [-0.25, -0.2) is 0 Å². The van der Waals surface area contributed by atoms with E-state index in [1.54, 1.807) is 0 Å². The van der Waals surface area contributed by atoms with Crippen LogP contribution >= 0.6 is 0 Å². The molecule has 1 aromatic heterocycles. The van der Waals surface area contributed by atoms with Crippen LogP contribution in [0.4, 0.5) is 0 Å². The van der Waals surface area contributed by atoms with Crippen LogP contribution in [-0.2, 0) is 13.1 Å². The molecule has 1 aromatic rings. The average molecular weight is 211 g/mol. The van der Waals surface area contributed by atoms with E-state index in [0.717, 1.165) is 31.0 Å². The molecule has 0 aromatic carbocycles. The second kappa shape index (κ2) is 5.88. The highest BCUT2D eigenvalue weighted by atomic mass is 16.5. The molecule has 0 unspecified atom stereocenters. The second-order valence-electron chi connectivity index (χ2n) is 4.05. The maximum Gasteiger partial charge on any atom is 0.151 e. The molecule has 0 amide bonds. The van der Waals surface area contributed by atoms with Gasteiger partial charge in [0.2, 0.25) is 0 Å². The van der Waals surface area contributed by atoms with E-state index in [1.165, 1.54) is 0 Å². The summed E-state index contributed by atoms with van der Waals surface area (Å²) in [4.78, 5) is 2.36. The van der Waals surface area contributed by atoms with Gasteiger partial charge < -0.3 is 10.3 Å². The van der Waals surface area contributed by atoms with Gasteiger partial charge in [-0.1, -0.05) is 12.1 Å². The van der Waals surface area contributed by atoms with Gasteiger partial charge in [-0.05, 0) is 26.8 Å². The molecule has 0 saturated heterocycles. The summed E-state index contributed by atoms with van der Waals surface area (Å²) >= 11 is 0. The Hall–Kier alpha value is -0.870. The van der Waals surface area contributed by atoms with Gasteiger partial charge in [0.1, 0.15) is 0 Å². The van der Waals surface area contributed by atoms with E-state index < -0.39 is 0 Å². The fourth-order valence-corrected chi connectivity index (χ4v) is 1.53. The minimum Gasteiger partial charge on any atom is -0.360 e. The average Bonchev–Trinajstić information content (AvgIpc) is 2.65. The Balaban J connectivity index is 2.57. The summed E-state index contributed by atoms with van der Waals surface area (Å²) < 4.78 is 5.21. The molecule has 15 heavy (non-hydrogen) atoms. The summed E-state index contributed by atoms with van der Waals surface area (Å²) in [6, 6.07) is 2.46. The highest BCUT2D eigenvalue weighted by molar-refractivity contribution is 5.04. The van der Waals surface area contributed by atoms with Crippen LogP contribution < -0.4 is 5.73 Å². The summed E-state index contributed by atoms with van der Waals surface area (Å²) in [5.41, 5.74) is 6.30. The molecule has 0 aliphatic carbocycles. The Morgan fingerprint density at radius 1 is 1.53 bits per heavy atom. The first-order valence-electron chi connectivity index (χ1n) is 5.56. The monoisotopic (exact) mass is 211 g/mol. The van der Waals surface area contributed by atoms with E-state index in [4.69, 9.17) is 10.3 Å². The molecule has 0 atom stereocenters. The Morgan fingerprint density at radius 2 is 2.27 bits per heavy atom. The summed E-state index contributed by atoms with van der Waals surface area (Å²) in [6.07, 6.45) is 1.15. The maximum absolute atomic E-state index is 5.48. The molecule has 2 N–H and O–H groups in total. The largest absolute Gasteiger partial charge is 0.360 e. The standard InChI is InChI=1S/C11H21N3O/c1-4-5-14(9(2)3)8-11-6-10(7-12)13-15-11/h6,9H,4-5,7-8,12H2,1-3H3. The van der Waals surface area contributed by atoms with Crippen molar-refractivity contribution >= 4 is 0 Å². The number of aromatic nitrogens is 1. The smallest absolute Gasteiger partial charge is 0.151 e. The zero-order valence-corrected chi connectivity index (χ0v) is 9.86. The van der Waals surface area contributed by atoms with Gasteiger partial charge in [-0.15, -0.1) is 0 Å². The van der Waals surface area contributed by atoms with E-state index in [0.29, 0.717) is 12.6 Å². The third-order valence-electron chi connectivity index (χ3n) is 2.42. The number of nitrogens with zero attached hydrogens (tertiary/aromatic N) is 2. The van der Waals surface area contributed by atoms with Crippen LogP contribution in [0.15, 0.2) is 10.6 Å². The number of rotatable bonds is 6. The topological polar surface area (TPSA) is 55.3 Å². The highest BCUT2D eigenvalue weighted by Crippen LogP contribution is 2.10. The zero-order chi connectivity index (χ0) is 11.3. The Morgan fingerprint density at radius 3 is 2.73 bits per heavy atom. The van der Waals surface area contributed by atoms with Crippen molar-refractivity contribution in [3.8, 4) is 0 Å². The van der Waals surface area contributed by atoms with Gasteiger partial charge in [-0.2, -0.15) is 0 Å². The lowest BCUT2D eigenvalue weighted by Crippen LogP contribution is -2.30. The summed E-state index contributed by atoms with van der Waals surface area (Å²) in [6.45, 7) is 8.90. The zero-order valence-electron chi connectivity index (χ0n) is 9.86. The Kier molecular flexibility index (Phi) is 4.78. The molecule has 86 valence electrons. The van der Waals surface area contributed by atoms with Gasteiger partial charge in [0, 0.05) is 18.7 Å². The van der Waals surface area contributed by atoms with Crippen molar-refractivity contribution < 1.29 is 4.52 Å². The predicted octanol–water partition coefficient (Wildman–Crippen LogP) is 1.75. The van der Waals surface area contributed by atoms with Gasteiger partial charge in [0.25, 0.3) is 0 Å². The first-order chi connectivity index (χ1) is 7.17. The minimum absolute atomic E-state index is 0.443. The van der Waals surface area contributed by atoms with Crippen molar-refractivity contribution in [2.45, 2.75) is 46.3 Å². The molecule has 0 radical (unpaired) electrons. The quantitative estimate of drug-likeness (QED) is 0.779. The van der Waals surface area contributed by atoms with E-state index >= 15 is 0 Å². The molecular formula is C11H21N3O. The Bertz CT molecular complexity index is 283. The van der Waals surface area contributed by atoms with Crippen LogP contribution in [0.5, 0.6) is 0 Å². The van der Waals surface area contributed by atoms with Gasteiger partial charge in [0.05, 0.1) is 12.2 Å². The molecule has 0 aliphatic rings. The fourth-order valence-electron chi connectivity index (χ4n) is 1.53. The first-order valence-corrected chi connectivity index (χ1v) is 5.56. The third kappa shape index (κ3) is 3.64. The molecular weight excluding hydrogens is 190 g/mol. The molecule has 0 spiro atoms. The lowest BCUT2D eigenvalue weighted by atomic mass is 10.2. The number of nitrogens with two attached hydrogens (primary N) is 1. The summed E-state index contributed by atoms with van der Waals surface area (Å²) in [7, 11) is 0. The molecule has 4 heteroatoms. The van der Waals surface area contributed by atoms with Crippen molar-refractivity contribution in [2.75, 3.05) is 6.54 Å². The van der Waals surface area contributed by atoms with E-state index in [2.05, 4.69) is 30.8 Å². The van der Waals surface area contributed by atoms with Crippen molar-refractivity contribution in [3.63, 3.8) is 0 Å². The van der Waals surface area contributed by atoms with Crippen LogP contribution in [0.1, 0.15) is 38.6 Å². The molecule has 0 aliphatic heterocycles. The molecule has 0 bridgehead atoms. The van der Waals surface area contributed by atoms with Crippen molar-refractivity contribution in [2.24, 2.45) is 5.73 Å². The van der Waals surface area contributed by atoms with Crippen LogP contribution in [0, 0.1) is 0 Å². The number of hydrogen-bond acceptors (Lipinski definition) is 4. The van der Waals surface area contributed by atoms with E-state index in [9.17, 15) is 0 Å². The summed E-state index contributed by atoms with van der Waals surface area (Å²) in [5, 5.41) is 3.88. The van der Waals surface area contributed by atoms with Crippen LogP contribution in [-0.4, -0.2) is 22.6 Å². The van der Waals surface area contributed by atoms with Crippen molar-refractivity contribution in [1.82, 2.24) is 10.1 Å². The van der Waals surface area contributed by atoms with Crippen molar-refractivity contribution in [1.29, 1.82) is 0 Å². The fraction of sp³-hybridized carbons (Fsp3) is 0.727. The lowest BCUT2D eigenvalue weighted by molar-refractivity contribution is 0.189. The third-order valence-corrected chi connectivity index (χ3v) is 2.42. The number of hydrogen-bond donors (Lipinski definition) is 1. The normalized spacial score (nSPS) is 11.6. The SMILES string of the molecule is CCCN(Cc1cc(CN)no1)C(C)C. The van der Waals surface area contributed by atoms with Gasteiger partial charge >= 0.3 is 0 Å². The highest BCUT2D eigenvalue weighted by Gasteiger charge is 2.12. The maximum atomic E-state index is 5.48. The predicted molar refractivity (Wildman–Crippen MR) is 60.2 cm³/mol. The van der Waals surface area contributed by atoms with Gasteiger partial charge in [0.15, 0.2) is 5.76 Å². The minimum atomic E-state index is 0.443. The molecule has 1 heterocycles. The second-order valence-corrected chi connectivity index (χ2v) is 4.05. The molecule has 0 saturated carbocycles. The molecule has 4 nitrogen and oxygen atoms in total. The van der Waals surface area contributed by atoms with Crippen LogP contribution in [0.2, 0.25) is 0 Å². The first kappa shape index (κ1) is 12.2. The molecule has 0 fully saturated rings. The molecule has 1 rings (SSSR count). The van der Waals surface area contributed by atoms with Crippen molar-refractivity contribution in [3.05, 3.63) is 17.5 Å². The van der Waals surface area contributed by atoms with Gasteiger partial charge in [-0.3, -0.25) is 4.90 Å². The Labute approximate surface area is 91.4 Å².